The number of halogens is 1. The Morgan fingerprint density at radius 3 is 2.40 bits per heavy atom. The van der Waals surface area contributed by atoms with Gasteiger partial charge in [0.2, 0.25) is 0 Å². The molecular weight excluding hydrogens is 241 g/mol. The lowest BCUT2D eigenvalue weighted by molar-refractivity contribution is -0.776. The van der Waals surface area contributed by atoms with Gasteiger partial charge in [-0.05, 0) is 13.8 Å². The second-order valence-corrected chi connectivity index (χ2v) is 2.17. The first-order valence-corrected chi connectivity index (χ1v) is 3.00. The van der Waals surface area contributed by atoms with Crippen LogP contribution < -0.4 is 28.7 Å². The van der Waals surface area contributed by atoms with Crippen molar-refractivity contribution in [2.24, 2.45) is 0 Å². The standard InChI is InChI=1S/C6H10N3.HI/c1-6(2)9-5-3-4-7-8-9;/h3-6H,1-2H3;1H/q+1;/p-1. The predicted octanol–water partition coefficient (Wildman–Crippen LogP) is -2.65. The van der Waals surface area contributed by atoms with Crippen molar-refractivity contribution in [3.8, 4) is 0 Å². The Morgan fingerprint density at radius 2 is 2.10 bits per heavy atom. The molecule has 4 heteroatoms. The van der Waals surface area contributed by atoms with Crippen LogP contribution in [0.15, 0.2) is 18.5 Å². The van der Waals surface area contributed by atoms with Gasteiger partial charge in [0.05, 0.1) is 5.10 Å². The molecular formula is C6H10IN3. The molecule has 0 aliphatic heterocycles. The predicted molar refractivity (Wildman–Crippen MR) is 32.6 cm³/mol. The van der Waals surface area contributed by atoms with E-state index in [-0.39, 0.29) is 24.0 Å². The number of nitrogens with zero attached hydrogens (tertiary/aromatic N) is 3. The molecule has 1 rings (SSSR count). The molecule has 0 aliphatic carbocycles. The normalized spacial score (nSPS) is 9.10. The van der Waals surface area contributed by atoms with Crippen molar-refractivity contribution in [1.82, 2.24) is 10.3 Å². The molecule has 0 amide bonds. The Morgan fingerprint density at radius 1 is 1.40 bits per heavy atom. The maximum Gasteiger partial charge on any atom is 0.171 e. The smallest absolute Gasteiger partial charge is 0.171 e. The van der Waals surface area contributed by atoms with E-state index in [1.165, 1.54) is 0 Å². The first kappa shape index (κ1) is 9.74. The maximum atomic E-state index is 3.84. The Kier molecular flexibility index (Phi) is 4.42. The second kappa shape index (κ2) is 4.54. The quantitative estimate of drug-likeness (QED) is 0.403. The fourth-order valence-electron chi connectivity index (χ4n) is 0.560. The molecule has 3 nitrogen and oxygen atoms in total. The van der Waals surface area contributed by atoms with Crippen LogP contribution >= 0.6 is 0 Å². The van der Waals surface area contributed by atoms with Crippen molar-refractivity contribution in [2.75, 3.05) is 0 Å². The van der Waals surface area contributed by atoms with E-state index < -0.39 is 0 Å². The van der Waals surface area contributed by atoms with Crippen LogP contribution in [0.1, 0.15) is 19.9 Å². The molecule has 0 atom stereocenters. The zero-order valence-corrected chi connectivity index (χ0v) is 8.19. The van der Waals surface area contributed by atoms with E-state index in [0.717, 1.165) is 0 Å². The zero-order valence-electron chi connectivity index (χ0n) is 6.03. The van der Waals surface area contributed by atoms with E-state index in [1.54, 1.807) is 10.9 Å². The Bertz CT molecular complexity index is 176. The van der Waals surface area contributed by atoms with Gasteiger partial charge < -0.3 is 24.0 Å². The van der Waals surface area contributed by atoms with Crippen LogP contribution in [0.5, 0.6) is 0 Å². The average Bonchev–Trinajstić information content (AvgIpc) is 1.90. The third-order valence-electron chi connectivity index (χ3n) is 1.08. The van der Waals surface area contributed by atoms with Crippen LogP contribution in [0.25, 0.3) is 0 Å². The van der Waals surface area contributed by atoms with Gasteiger partial charge in [-0.3, -0.25) is 0 Å². The van der Waals surface area contributed by atoms with E-state index >= 15 is 0 Å². The molecule has 0 spiro atoms. The van der Waals surface area contributed by atoms with E-state index in [0.29, 0.717) is 6.04 Å². The lowest BCUT2D eigenvalue weighted by Gasteiger charge is -1.95. The Labute approximate surface area is 77.5 Å². The largest absolute Gasteiger partial charge is 1.00 e. The molecule has 0 aliphatic rings. The zero-order chi connectivity index (χ0) is 6.69. The molecule has 0 N–H and O–H groups in total. The summed E-state index contributed by atoms with van der Waals surface area (Å²) in [4.78, 5) is 0. The highest BCUT2D eigenvalue weighted by Gasteiger charge is 2.00. The van der Waals surface area contributed by atoms with Crippen molar-refractivity contribution >= 4 is 0 Å². The summed E-state index contributed by atoms with van der Waals surface area (Å²) >= 11 is 0. The summed E-state index contributed by atoms with van der Waals surface area (Å²) in [6, 6.07) is 2.27. The van der Waals surface area contributed by atoms with Gasteiger partial charge in [-0.1, -0.05) is 0 Å². The molecule has 56 valence electrons. The van der Waals surface area contributed by atoms with Gasteiger partial charge in [0.25, 0.3) is 0 Å². The van der Waals surface area contributed by atoms with Gasteiger partial charge in [0.1, 0.15) is 17.5 Å². The topological polar surface area (TPSA) is 29.7 Å². The van der Waals surface area contributed by atoms with Crippen LogP contribution in [-0.2, 0) is 0 Å². The minimum atomic E-state index is 0. The van der Waals surface area contributed by atoms with Gasteiger partial charge in [-0.2, -0.15) is 0 Å². The summed E-state index contributed by atoms with van der Waals surface area (Å²) in [5.74, 6) is 0. The maximum absolute atomic E-state index is 3.84. The molecule has 0 saturated carbocycles. The Hall–Kier alpha value is -0.260. The highest BCUT2D eigenvalue weighted by molar-refractivity contribution is 4.65. The molecule has 0 radical (unpaired) electrons. The molecule has 0 unspecified atom stereocenters. The molecule has 1 aromatic heterocycles. The van der Waals surface area contributed by atoms with Crippen LogP contribution in [-0.4, -0.2) is 10.3 Å². The SMILES string of the molecule is CC(C)[n+]1cccnn1.[I-]. The van der Waals surface area contributed by atoms with E-state index in [2.05, 4.69) is 24.2 Å². The number of hydrogen-bond acceptors (Lipinski definition) is 2. The van der Waals surface area contributed by atoms with Gasteiger partial charge in [-0.25, -0.2) is 0 Å². The van der Waals surface area contributed by atoms with E-state index in [1.807, 2.05) is 12.3 Å². The molecule has 1 heterocycles. The van der Waals surface area contributed by atoms with Crippen molar-refractivity contribution in [1.29, 1.82) is 0 Å². The third kappa shape index (κ3) is 2.55. The van der Waals surface area contributed by atoms with Crippen molar-refractivity contribution in [2.45, 2.75) is 19.9 Å². The Balaban J connectivity index is 0.000000810. The van der Waals surface area contributed by atoms with Crippen molar-refractivity contribution < 1.29 is 28.7 Å². The van der Waals surface area contributed by atoms with Gasteiger partial charge in [-0.15, -0.1) is 4.68 Å². The van der Waals surface area contributed by atoms with Crippen LogP contribution in [0.2, 0.25) is 0 Å². The van der Waals surface area contributed by atoms with Crippen LogP contribution in [0.3, 0.4) is 0 Å². The first-order chi connectivity index (χ1) is 4.30. The lowest BCUT2D eigenvalue weighted by Crippen LogP contribution is -3.00. The molecule has 0 fully saturated rings. The molecule has 0 bridgehead atoms. The fraction of sp³-hybridized carbons (Fsp3) is 0.500. The van der Waals surface area contributed by atoms with E-state index in [4.69, 9.17) is 0 Å². The molecule has 10 heavy (non-hydrogen) atoms. The second-order valence-electron chi connectivity index (χ2n) is 2.17. The summed E-state index contributed by atoms with van der Waals surface area (Å²) < 4.78 is 1.81. The van der Waals surface area contributed by atoms with E-state index in [9.17, 15) is 0 Å². The first-order valence-electron chi connectivity index (χ1n) is 3.00. The minimum Gasteiger partial charge on any atom is -1.00 e. The number of rotatable bonds is 1. The minimum absolute atomic E-state index is 0. The highest BCUT2D eigenvalue weighted by Crippen LogP contribution is 1.84. The number of hydrogen-bond donors (Lipinski definition) is 0. The fourth-order valence-corrected chi connectivity index (χ4v) is 0.560. The summed E-state index contributed by atoms with van der Waals surface area (Å²) in [7, 11) is 0. The molecule has 0 saturated heterocycles. The summed E-state index contributed by atoms with van der Waals surface area (Å²) in [6.07, 6.45) is 3.57. The number of aromatic nitrogens is 3. The van der Waals surface area contributed by atoms with Crippen LogP contribution in [0, 0.1) is 0 Å². The summed E-state index contributed by atoms with van der Waals surface area (Å²) in [5.41, 5.74) is 0. The highest BCUT2D eigenvalue weighted by atomic mass is 127. The summed E-state index contributed by atoms with van der Waals surface area (Å²) in [6.45, 7) is 4.13. The van der Waals surface area contributed by atoms with Crippen molar-refractivity contribution in [3.63, 3.8) is 0 Å². The summed E-state index contributed by atoms with van der Waals surface area (Å²) in [5, 5.41) is 7.56. The third-order valence-corrected chi connectivity index (χ3v) is 1.08. The average molecular weight is 251 g/mol. The van der Waals surface area contributed by atoms with Gasteiger partial charge in [0.15, 0.2) is 6.20 Å². The van der Waals surface area contributed by atoms with Crippen LogP contribution in [0.4, 0.5) is 0 Å². The molecule has 0 aromatic carbocycles. The lowest BCUT2D eigenvalue weighted by atomic mass is 10.4. The monoisotopic (exact) mass is 251 g/mol. The van der Waals surface area contributed by atoms with Gasteiger partial charge in [0, 0.05) is 6.07 Å². The van der Waals surface area contributed by atoms with Crippen molar-refractivity contribution in [3.05, 3.63) is 18.5 Å². The van der Waals surface area contributed by atoms with Gasteiger partial charge >= 0.3 is 0 Å². The molecule has 1 aromatic rings.